The first-order valence-corrected chi connectivity index (χ1v) is 12.8. The van der Waals surface area contributed by atoms with E-state index in [0.717, 1.165) is 11.6 Å². The summed E-state index contributed by atoms with van der Waals surface area (Å²) in [5.41, 5.74) is 1.29. The number of hydrogen-bond acceptors (Lipinski definition) is 6. The van der Waals surface area contributed by atoms with Crippen LogP contribution in [0.15, 0.2) is 56.7 Å². The number of fused-ring (bicyclic) bond motifs is 1. The molecule has 29 heavy (non-hydrogen) atoms. The number of benzene rings is 2. The van der Waals surface area contributed by atoms with Crippen LogP contribution in [0.2, 0.25) is 5.02 Å². The number of quaternary nitrogens is 1. The van der Waals surface area contributed by atoms with Crippen LogP contribution in [0.1, 0.15) is 5.56 Å². The zero-order valence-corrected chi connectivity index (χ0v) is 18.9. The molecule has 11 heteroatoms. The maximum Gasteiger partial charge on any atom is 0.329 e. The van der Waals surface area contributed by atoms with E-state index in [4.69, 9.17) is 18.6 Å². The van der Waals surface area contributed by atoms with Crippen LogP contribution in [0, 0.1) is 7.05 Å². The summed E-state index contributed by atoms with van der Waals surface area (Å²) < 4.78 is 53.4. The Bertz CT molecular complexity index is 1170. The molecule has 1 aliphatic rings. The molecule has 7 nitrogen and oxygen atoms in total. The van der Waals surface area contributed by atoms with Crippen molar-refractivity contribution >= 4 is 54.9 Å². The van der Waals surface area contributed by atoms with Gasteiger partial charge in [-0.1, -0.05) is 41.9 Å². The molecular formula is C18H19ClN3O4S3+. The minimum Gasteiger partial charge on any atom is -0.341 e. The van der Waals surface area contributed by atoms with E-state index in [0.29, 0.717) is 11.5 Å². The minimum atomic E-state index is -4.11. The molecule has 0 aliphatic carbocycles. The summed E-state index contributed by atoms with van der Waals surface area (Å²) in [6, 6.07) is 12.0. The van der Waals surface area contributed by atoms with Gasteiger partial charge in [0.15, 0.2) is 0 Å². The number of anilines is 1. The number of thioether (sulfide) groups is 1. The van der Waals surface area contributed by atoms with Gasteiger partial charge in [-0.3, -0.25) is 0 Å². The number of sulfonamides is 2. The predicted molar refractivity (Wildman–Crippen MR) is 116 cm³/mol. The highest BCUT2D eigenvalue weighted by atomic mass is 35.5. The summed E-state index contributed by atoms with van der Waals surface area (Å²) >= 11 is 7.65. The SMILES string of the molecule is [CH][N+](C)(C)S(=O)(=O)c1cc2c(cc1Cl)NC(CSCc1ccccc1)=NS2(=O)=O. The topological polar surface area (TPSA) is 92.7 Å². The third-order valence-electron chi connectivity index (χ3n) is 4.07. The number of halogens is 1. The molecule has 1 N–H and O–H groups in total. The number of amidine groups is 1. The van der Waals surface area contributed by atoms with E-state index in [1.54, 1.807) is 0 Å². The van der Waals surface area contributed by atoms with Crippen molar-refractivity contribution in [1.29, 1.82) is 0 Å². The van der Waals surface area contributed by atoms with Crippen LogP contribution in [-0.2, 0) is 25.8 Å². The van der Waals surface area contributed by atoms with Crippen molar-refractivity contribution in [3.8, 4) is 0 Å². The van der Waals surface area contributed by atoms with Crippen LogP contribution >= 0.6 is 23.4 Å². The van der Waals surface area contributed by atoms with Gasteiger partial charge in [0, 0.05) is 5.75 Å². The molecule has 0 spiro atoms. The molecule has 2 radical (unpaired) electrons. The van der Waals surface area contributed by atoms with Gasteiger partial charge in [0.25, 0.3) is 10.0 Å². The average molecular weight is 473 g/mol. The molecule has 0 bridgehead atoms. The van der Waals surface area contributed by atoms with Gasteiger partial charge in [0.1, 0.15) is 15.6 Å². The zero-order valence-electron chi connectivity index (χ0n) is 15.7. The average Bonchev–Trinajstić information content (AvgIpc) is 2.60. The molecule has 154 valence electrons. The molecule has 1 aliphatic heterocycles. The van der Waals surface area contributed by atoms with Crippen molar-refractivity contribution in [2.75, 3.05) is 25.2 Å². The van der Waals surface area contributed by atoms with Gasteiger partial charge < -0.3 is 5.32 Å². The molecule has 0 saturated heterocycles. The van der Waals surface area contributed by atoms with Crippen LogP contribution < -0.4 is 5.32 Å². The maximum absolute atomic E-state index is 12.6. The first kappa shape index (κ1) is 22.1. The Morgan fingerprint density at radius 3 is 2.45 bits per heavy atom. The molecule has 2 aromatic carbocycles. The second-order valence-corrected chi connectivity index (χ2v) is 12.1. The Hall–Kier alpha value is -1.59. The van der Waals surface area contributed by atoms with Gasteiger partial charge in [-0.15, -0.1) is 16.2 Å². The lowest BCUT2D eigenvalue weighted by Gasteiger charge is -2.24. The van der Waals surface area contributed by atoms with E-state index in [-0.39, 0.29) is 26.3 Å². The summed E-state index contributed by atoms with van der Waals surface area (Å²) in [6.45, 7) is 0. The molecule has 0 aromatic heterocycles. The molecule has 0 amide bonds. The molecule has 0 saturated carbocycles. The Labute approximate surface area is 180 Å². The largest absolute Gasteiger partial charge is 0.341 e. The third kappa shape index (κ3) is 4.61. The minimum absolute atomic E-state index is 0.124. The smallest absolute Gasteiger partial charge is 0.329 e. The Balaban J connectivity index is 1.88. The monoisotopic (exact) mass is 472 g/mol. The summed E-state index contributed by atoms with van der Waals surface area (Å²) in [5, 5.41) is 2.81. The molecule has 2 aromatic rings. The quantitative estimate of drug-likeness (QED) is 0.649. The lowest BCUT2D eigenvalue weighted by atomic mass is 10.2. The van der Waals surface area contributed by atoms with Crippen molar-refractivity contribution in [2.24, 2.45) is 4.40 Å². The van der Waals surface area contributed by atoms with Gasteiger partial charge in [0.05, 0.1) is 30.6 Å². The van der Waals surface area contributed by atoms with Crippen molar-refractivity contribution in [3.63, 3.8) is 0 Å². The van der Waals surface area contributed by atoms with Gasteiger partial charge in [-0.05, 0) is 17.7 Å². The van der Waals surface area contributed by atoms with Crippen molar-refractivity contribution in [1.82, 2.24) is 0 Å². The lowest BCUT2D eigenvalue weighted by Crippen LogP contribution is -2.39. The second kappa shape index (κ2) is 7.92. The zero-order chi connectivity index (χ0) is 21.4. The molecule has 0 unspecified atom stereocenters. The fourth-order valence-electron chi connectivity index (χ4n) is 2.57. The van der Waals surface area contributed by atoms with E-state index in [2.05, 4.69) is 9.71 Å². The van der Waals surface area contributed by atoms with Crippen LogP contribution in [0.25, 0.3) is 0 Å². The number of nitrogens with one attached hydrogen (secondary N) is 1. The Kier molecular flexibility index (Phi) is 6.03. The van der Waals surface area contributed by atoms with Gasteiger partial charge in [-0.25, -0.2) is 3.89 Å². The molecular weight excluding hydrogens is 454 g/mol. The third-order valence-corrected chi connectivity index (χ3v) is 9.00. The van der Waals surface area contributed by atoms with E-state index < -0.39 is 23.9 Å². The van der Waals surface area contributed by atoms with Gasteiger partial charge >= 0.3 is 10.0 Å². The second-order valence-electron chi connectivity index (χ2n) is 6.80. The van der Waals surface area contributed by atoms with Gasteiger partial charge in [-0.2, -0.15) is 16.8 Å². The number of hydrogen-bond donors (Lipinski definition) is 1. The van der Waals surface area contributed by atoms with Crippen molar-refractivity contribution in [3.05, 3.63) is 60.1 Å². The maximum atomic E-state index is 12.6. The van der Waals surface area contributed by atoms with Crippen molar-refractivity contribution in [2.45, 2.75) is 15.5 Å². The van der Waals surface area contributed by atoms with E-state index >= 15 is 0 Å². The molecule has 0 atom stereocenters. The highest BCUT2D eigenvalue weighted by Crippen LogP contribution is 2.36. The number of rotatable bonds is 6. The van der Waals surface area contributed by atoms with E-state index in [9.17, 15) is 16.8 Å². The summed E-state index contributed by atoms with van der Waals surface area (Å²) in [6.07, 6.45) is 0. The number of nitrogens with zero attached hydrogens (tertiary/aromatic N) is 2. The van der Waals surface area contributed by atoms with E-state index in [1.165, 1.54) is 31.9 Å². The van der Waals surface area contributed by atoms with Crippen LogP contribution in [0.5, 0.6) is 0 Å². The van der Waals surface area contributed by atoms with Crippen LogP contribution in [0.4, 0.5) is 5.69 Å². The van der Waals surface area contributed by atoms with Crippen LogP contribution in [0.3, 0.4) is 0 Å². The van der Waals surface area contributed by atoms with Gasteiger partial charge in [0.2, 0.25) is 7.05 Å². The first-order chi connectivity index (χ1) is 13.4. The lowest BCUT2D eigenvalue weighted by molar-refractivity contribution is -0.711. The normalized spacial score (nSPS) is 15.9. The van der Waals surface area contributed by atoms with E-state index in [1.807, 2.05) is 30.3 Å². The molecule has 1 heterocycles. The first-order valence-electron chi connectivity index (χ1n) is 8.36. The fourth-order valence-corrected chi connectivity index (χ4v) is 6.28. The highest BCUT2D eigenvalue weighted by Gasteiger charge is 2.37. The Morgan fingerprint density at radius 1 is 1.17 bits per heavy atom. The molecule has 3 rings (SSSR count). The van der Waals surface area contributed by atoms with Crippen LogP contribution in [-0.4, -0.2) is 46.4 Å². The highest BCUT2D eigenvalue weighted by molar-refractivity contribution is 7.99. The standard InChI is InChI=1S/C18H19ClN3O4S3/c1-22(2,3)29(25,26)16-10-17-15(9-14(16)19)20-18(21-28(17,23)24)12-27-11-13-7-5-4-6-8-13/h1,4-10H,11-12H2,2-3H3,(H,20,21)/q+1. The summed E-state index contributed by atoms with van der Waals surface area (Å²) in [5.74, 6) is 1.27. The summed E-state index contributed by atoms with van der Waals surface area (Å²) in [4.78, 5) is -0.626. The Morgan fingerprint density at radius 2 is 1.83 bits per heavy atom. The molecule has 0 fully saturated rings. The summed E-state index contributed by atoms with van der Waals surface area (Å²) in [7, 11) is -0.0262. The fraction of sp³-hybridized carbons (Fsp3) is 0.222. The van der Waals surface area contributed by atoms with Crippen molar-refractivity contribution < 1.29 is 20.7 Å². The predicted octanol–water partition coefficient (Wildman–Crippen LogP) is 3.22.